The number of carbonyl (C=O) groups is 3. The quantitative estimate of drug-likeness (QED) is 0.605. The molecular weight excluding hydrogens is 253 g/mol. The Kier molecular flexibility index (Phi) is 7.22. The van der Waals surface area contributed by atoms with Crippen molar-refractivity contribution >= 4 is 18.2 Å². The van der Waals surface area contributed by atoms with Crippen LogP contribution in [0.5, 0.6) is 0 Å². The number of hydrogen-bond donors (Lipinski definition) is 3. The average Bonchev–Trinajstić information content (AvgIpc) is 1.98. The van der Waals surface area contributed by atoms with Gasteiger partial charge < -0.3 is 26.0 Å². The molecule has 0 radical (unpaired) electrons. The van der Waals surface area contributed by atoms with Gasteiger partial charge in [-0.2, -0.15) is 13.2 Å². The average molecular weight is 262 g/mol. The van der Waals surface area contributed by atoms with Crippen LogP contribution in [0.15, 0.2) is 0 Å². The Labute approximate surface area is 92.3 Å². The number of primary amides is 2. The number of halogens is 3. The highest BCUT2D eigenvalue weighted by Crippen LogP contribution is 2.13. The third-order valence-electron chi connectivity index (χ3n) is 0.807. The third kappa shape index (κ3) is 13.8. The van der Waals surface area contributed by atoms with E-state index in [0.717, 1.165) is 0 Å². The summed E-state index contributed by atoms with van der Waals surface area (Å²) in [5, 5.41) is 7.12. The number of aliphatic carboxylic acids is 1. The summed E-state index contributed by atoms with van der Waals surface area (Å²) in [4.78, 5) is 28.8. The largest absolute Gasteiger partial charge is 0.490 e. The summed E-state index contributed by atoms with van der Waals surface area (Å²) < 4.78 is 40.1. The molecule has 0 aromatic heterocycles. The predicted octanol–water partition coefficient (Wildman–Crippen LogP) is 0.156. The van der Waals surface area contributed by atoms with E-state index in [1.165, 1.54) is 6.92 Å². The van der Waals surface area contributed by atoms with E-state index in [0.29, 0.717) is 0 Å². The number of carbonyl (C=O) groups excluding carboxylic acids is 2. The van der Waals surface area contributed by atoms with Gasteiger partial charge in [0.25, 0.3) is 0 Å². The van der Waals surface area contributed by atoms with Gasteiger partial charge in [-0.05, 0) is 0 Å². The van der Waals surface area contributed by atoms with E-state index < -0.39 is 30.6 Å². The monoisotopic (exact) mass is 262 g/mol. The summed E-state index contributed by atoms with van der Waals surface area (Å²) in [6, 6.07) is 0. The number of ether oxygens (including phenoxy) is 2. The molecule has 17 heavy (non-hydrogen) atoms. The van der Waals surface area contributed by atoms with Gasteiger partial charge in [-0.25, -0.2) is 14.4 Å². The highest BCUT2D eigenvalue weighted by Gasteiger charge is 2.38. The van der Waals surface area contributed by atoms with E-state index >= 15 is 0 Å². The van der Waals surface area contributed by atoms with Crippen LogP contribution in [0.2, 0.25) is 0 Å². The minimum atomic E-state index is -5.08. The minimum absolute atomic E-state index is 1.02. The number of rotatable bonds is 2. The zero-order valence-electron chi connectivity index (χ0n) is 8.35. The molecule has 11 heteroatoms. The molecule has 0 heterocycles. The molecule has 0 saturated heterocycles. The first-order valence-corrected chi connectivity index (χ1v) is 3.69. The molecule has 5 N–H and O–H groups in total. The fraction of sp³-hybridized carbons (Fsp3) is 0.500. The van der Waals surface area contributed by atoms with Crippen molar-refractivity contribution in [2.75, 3.05) is 0 Å². The van der Waals surface area contributed by atoms with Crippen LogP contribution in [0.1, 0.15) is 6.92 Å². The maximum absolute atomic E-state index is 10.6. The fourth-order valence-corrected chi connectivity index (χ4v) is 0.351. The van der Waals surface area contributed by atoms with E-state index in [1.807, 2.05) is 0 Å². The molecule has 0 fully saturated rings. The maximum Gasteiger partial charge on any atom is 0.490 e. The molecule has 0 spiro atoms. The first-order valence-electron chi connectivity index (χ1n) is 3.69. The normalized spacial score (nSPS) is 9.94. The lowest BCUT2D eigenvalue weighted by Gasteiger charge is -2.09. The van der Waals surface area contributed by atoms with E-state index in [-0.39, 0.29) is 0 Å². The number of amides is 2. The van der Waals surface area contributed by atoms with Gasteiger partial charge in [0.15, 0.2) is 0 Å². The van der Waals surface area contributed by atoms with Crippen LogP contribution in [0.25, 0.3) is 0 Å². The number of alkyl halides is 3. The van der Waals surface area contributed by atoms with Crippen LogP contribution in [0.4, 0.5) is 22.8 Å². The van der Waals surface area contributed by atoms with E-state index in [1.54, 1.807) is 0 Å². The van der Waals surface area contributed by atoms with Gasteiger partial charge in [0, 0.05) is 6.92 Å². The van der Waals surface area contributed by atoms with Gasteiger partial charge in [-0.15, -0.1) is 0 Å². The second kappa shape index (κ2) is 7.14. The fourth-order valence-electron chi connectivity index (χ4n) is 0.351. The molecule has 2 amide bonds. The lowest BCUT2D eigenvalue weighted by molar-refractivity contribution is -0.192. The predicted molar refractivity (Wildman–Crippen MR) is 44.5 cm³/mol. The Morgan fingerprint density at radius 1 is 1.12 bits per heavy atom. The molecule has 0 aliphatic heterocycles. The van der Waals surface area contributed by atoms with Crippen molar-refractivity contribution in [2.45, 2.75) is 19.4 Å². The molecule has 0 unspecified atom stereocenters. The summed E-state index contributed by atoms with van der Waals surface area (Å²) in [6.45, 7) is 1.32. The van der Waals surface area contributed by atoms with Gasteiger partial charge in [0.1, 0.15) is 0 Å². The Morgan fingerprint density at radius 3 is 1.47 bits per heavy atom. The second-order valence-electron chi connectivity index (χ2n) is 2.24. The number of carboxylic acids is 1. The molecule has 0 bridgehead atoms. The second-order valence-corrected chi connectivity index (χ2v) is 2.24. The lowest BCUT2D eigenvalue weighted by atomic mass is 10.7. The Morgan fingerprint density at radius 2 is 1.35 bits per heavy atom. The number of nitrogens with two attached hydrogens (primary N) is 2. The molecule has 0 atom stereocenters. The zero-order valence-corrected chi connectivity index (χ0v) is 8.35. The molecule has 0 aromatic carbocycles. The summed E-state index contributed by atoms with van der Waals surface area (Å²) in [6.07, 6.45) is -8.16. The van der Waals surface area contributed by atoms with E-state index in [9.17, 15) is 22.8 Å². The standard InChI is InChI=1S/C4H8N2O4.C2HF3O2/c1-2(9-3(5)7)10-4(6)8;3-2(4,5)1(6)7/h2H,1H3,(H2,5,7)(H2,6,8);(H,6,7). The molecule has 0 rings (SSSR count). The van der Waals surface area contributed by atoms with Gasteiger partial charge in [-0.1, -0.05) is 0 Å². The van der Waals surface area contributed by atoms with Gasteiger partial charge >= 0.3 is 24.3 Å². The van der Waals surface area contributed by atoms with Crippen molar-refractivity contribution < 1.29 is 42.1 Å². The molecule has 0 saturated carbocycles. The Hall–Kier alpha value is -2.20. The molecule has 0 aliphatic rings. The molecule has 0 aromatic rings. The molecule has 100 valence electrons. The van der Waals surface area contributed by atoms with Crippen LogP contribution >= 0.6 is 0 Å². The smallest absolute Gasteiger partial charge is 0.475 e. The summed E-state index contributed by atoms with van der Waals surface area (Å²) >= 11 is 0. The molecule has 0 aliphatic carbocycles. The Bertz CT molecular complexity index is 276. The molecular formula is C6H9F3N2O6. The highest BCUT2D eigenvalue weighted by atomic mass is 19.4. The van der Waals surface area contributed by atoms with Crippen molar-refractivity contribution in [3.63, 3.8) is 0 Å². The summed E-state index contributed by atoms with van der Waals surface area (Å²) in [7, 11) is 0. The lowest BCUT2D eigenvalue weighted by Crippen LogP contribution is -2.27. The van der Waals surface area contributed by atoms with E-state index in [2.05, 4.69) is 20.9 Å². The van der Waals surface area contributed by atoms with Crippen LogP contribution in [0.3, 0.4) is 0 Å². The maximum atomic E-state index is 10.6. The van der Waals surface area contributed by atoms with Gasteiger partial charge in [0.2, 0.25) is 6.29 Å². The topological polar surface area (TPSA) is 142 Å². The molecule has 8 nitrogen and oxygen atoms in total. The zero-order chi connectivity index (χ0) is 14.2. The van der Waals surface area contributed by atoms with E-state index in [4.69, 9.17) is 9.90 Å². The first kappa shape index (κ1) is 17.2. The first-order chi connectivity index (χ1) is 7.46. The highest BCUT2D eigenvalue weighted by molar-refractivity contribution is 5.73. The summed E-state index contributed by atoms with van der Waals surface area (Å²) in [5.74, 6) is -2.76. The van der Waals surface area contributed by atoms with Crippen molar-refractivity contribution in [3.8, 4) is 0 Å². The van der Waals surface area contributed by atoms with Crippen molar-refractivity contribution in [1.29, 1.82) is 0 Å². The summed E-state index contributed by atoms with van der Waals surface area (Å²) in [5.41, 5.74) is 9.15. The third-order valence-corrected chi connectivity index (χ3v) is 0.807. The Balaban J connectivity index is 0. The number of carboxylic acid groups (broad SMARTS) is 1. The van der Waals surface area contributed by atoms with Crippen molar-refractivity contribution in [3.05, 3.63) is 0 Å². The van der Waals surface area contributed by atoms with Crippen molar-refractivity contribution in [1.82, 2.24) is 0 Å². The number of hydrogen-bond acceptors (Lipinski definition) is 5. The van der Waals surface area contributed by atoms with Crippen LogP contribution < -0.4 is 11.5 Å². The van der Waals surface area contributed by atoms with Gasteiger partial charge in [-0.3, -0.25) is 0 Å². The SMILES string of the molecule is CC(OC(N)=O)OC(N)=O.O=C(O)C(F)(F)F. The van der Waals surface area contributed by atoms with Crippen LogP contribution in [-0.2, 0) is 14.3 Å². The minimum Gasteiger partial charge on any atom is -0.475 e. The van der Waals surface area contributed by atoms with Crippen LogP contribution in [0, 0.1) is 0 Å². The van der Waals surface area contributed by atoms with Crippen molar-refractivity contribution in [2.24, 2.45) is 11.5 Å². The van der Waals surface area contributed by atoms with Gasteiger partial charge in [0.05, 0.1) is 0 Å². The van der Waals surface area contributed by atoms with Crippen LogP contribution in [-0.4, -0.2) is 35.7 Å².